The highest BCUT2D eigenvalue weighted by Gasteiger charge is 2.25. The summed E-state index contributed by atoms with van der Waals surface area (Å²) in [6.45, 7) is -2.88. The van der Waals surface area contributed by atoms with E-state index in [9.17, 15) is 18.1 Å². The smallest absolute Gasteiger partial charge is 0.445 e. The lowest BCUT2D eigenvalue weighted by atomic mass is 9.79. The summed E-state index contributed by atoms with van der Waals surface area (Å²) in [4.78, 5) is 0. The average molecular weight is 245 g/mol. The Morgan fingerprint density at radius 3 is 2.18 bits per heavy atom. The zero-order valence-corrected chi connectivity index (χ0v) is 9.87. The molecule has 0 aliphatic carbocycles. The zero-order chi connectivity index (χ0) is 12.9. The molecule has 1 unspecified atom stereocenters. The molecule has 1 nitrogen and oxygen atoms in total. The van der Waals surface area contributed by atoms with Crippen molar-refractivity contribution >= 4 is 12.4 Å². The van der Waals surface area contributed by atoms with Crippen molar-refractivity contribution < 1.29 is 18.1 Å². The molecule has 0 amide bonds. The van der Waals surface area contributed by atoms with E-state index in [0.29, 0.717) is 12.0 Å². The Bertz CT molecular complexity index is 335. The van der Waals surface area contributed by atoms with Gasteiger partial charge in [0.05, 0.1) is 6.10 Å². The standard InChI is InChI=1S/C12H17BF3O/c1-2-3-4-5-12(17)10-6-8-11(9-7-10)13(14,15)16/h6-9,12,17H,2-5H2,1H3/q-1. The van der Waals surface area contributed by atoms with E-state index in [2.05, 4.69) is 6.92 Å². The predicted molar refractivity (Wildman–Crippen MR) is 64.3 cm³/mol. The van der Waals surface area contributed by atoms with Gasteiger partial charge in [-0.05, 0) is 12.0 Å². The lowest BCUT2D eigenvalue weighted by Crippen LogP contribution is -2.33. The molecule has 0 heterocycles. The Morgan fingerprint density at radius 2 is 1.71 bits per heavy atom. The van der Waals surface area contributed by atoms with Crippen LogP contribution in [0.25, 0.3) is 0 Å². The van der Waals surface area contributed by atoms with Crippen LogP contribution in [-0.2, 0) is 0 Å². The number of aliphatic hydroxyl groups is 1. The third kappa shape index (κ3) is 4.42. The van der Waals surface area contributed by atoms with Crippen molar-refractivity contribution in [3.63, 3.8) is 0 Å². The Morgan fingerprint density at radius 1 is 1.12 bits per heavy atom. The van der Waals surface area contributed by atoms with Crippen LogP contribution in [0, 0.1) is 0 Å². The monoisotopic (exact) mass is 245 g/mol. The summed E-state index contributed by atoms with van der Waals surface area (Å²) in [6, 6.07) is 4.80. The van der Waals surface area contributed by atoms with E-state index in [1.165, 1.54) is 12.1 Å². The highest BCUT2D eigenvalue weighted by atomic mass is 19.4. The van der Waals surface area contributed by atoms with Crippen LogP contribution < -0.4 is 5.46 Å². The highest BCUT2D eigenvalue weighted by molar-refractivity contribution is 6.73. The second-order valence-electron chi connectivity index (χ2n) is 4.25. The van der Waals surface area contributed by atoms with Crippen molar-refractivity contribution in [2.75, 3.05) is 0 Å². The van der Waals surface area contributed by atoms with Gasteiger partial charge in [-0.2, -0.15) is 0 Å². The summed E-state index contributed by atoms with van der Waals surface area (Å²) >= 11 is 0. The van der Waals surface area contributed by atoms with Gasteiger partial charge in [-0.3, -0.25) is 0 Å². The fourth-order valence-electron chi connectivity index (χ4n) is 1.69. The van der Waals surface area contributed by atoms with Gasteiger partial charge >= 0.3 is 6.98 Å². The second-order valence-corrected chi connectivity index (χ2v) is 4.25. The molecule has 96 valence electrons. The Hall–Kier alpha value is -0.965. The number of hydrogen-bond acceptors (Lipinski definition) is 1. The number of hydrogen-bond donors (Lipinski definition) is 1. The molecular weight excluding hydrogens is 228 g/mol. The van der Waals surface area contributed by atoms with Gasteiger partial charge in [-0.15, -0.1) is 5.46 Å². The maximum atomic E-state index is 12.4. The van der Waals surface area contributed by atoms with Gasteiger partial charge in [0.15, 0.2) is 0 Å². The first-order valence-corrected chi connectivity index (χ1v) is 5.93. The van der Waals surface area contributed by atoms with E-state index < -0.39 is 18.5 Å². The lowest BCUT2D eigenvalue weighted by Gasteiger charge is -2.16. The largest absolute Gasteiger partial charge is 0.509 e. The molecule has 0 aliphatic heterocycles. The van der Waals surface area contributed by atoms with Gasteiger partial charge in [-0.1, -0.05) is 50.5 Å². The Labute approximate surface area is 99.7 Å². The molecular formula is C12H17BF3O-. The molecule has 0 saturated heterocycles. The Kier molecular flexibility index (Phi) is 5.06. The molecule has 0 bridgehead atoms. The van der Waals surface area contributed by atoms with Crippen molar-refractivity contribution in [1.82, 2.24) is 0 Å². The van der Waals surface area contributed by atoms with E-state index >= 15 is 0 Å². The van der Waals surface area contributed by atoms with E-state index in [0.717, 1.165) is 31.4 Å². The average Bonchev–Trinajstić information content (AvgIpc) is 2.28. The number of unbranched alkanes of at least 4 members (excludes halogenated alkanes) is 2. The maximum Gasteiger partial charge on any atom is 0.509 e. The van der Waals surface area contributed by atoms with Crippen molar-refractivity contribution in [2.45, 2.75) is 38.7 Å². The highest BCUT2D eigenvalue weighted by Crippen LogP contribution is 2.19. The molecule has 0 radical (unpaired) electrons. The van der Waals surface area contributed by atoms with Gasteiger partial charge in [-0.25, -0.2) is 0 Å². The van der Waals surface area contributed by atoms with Crippen molar-refractivity contribution in [3.05, 3.63) is 29.8 Å². The summed E-state index contributed by atoms with van der Waals surface area (Å²) in [5, 5.41) is 9.76. The molecule has 0 spiro atoms. The summed E-state index contributed by atoms with van der Waals surface area (Å²) in [6.07, 6.45) is 2.92. The lowest BCUT2D eigenvalue weighted by molar-refractivity contribution is 0.163. The molecule has 1 rings (SSSR count). The van der Waals surface area contributed by atoms with Gasteiger partial charge in [0.25, 0.3) is 0 Å². The van der Waals surface area contributed by atoms with Gasteiger partial charge in [0.1, 0.15) is 0 Å². The molecule has 0 aromatic heterocycles. The minimum absolute atomic E-state index is 0.560. The van der Waals surface area contributed by atoms with Crippen LogP contribution in [0.5, 0.6) is 0 Å². The van der Waals surface area contributed by atoms with Crippen LogP contribution in [0.1, 0.15) is 44.3 Å². The minimum Gasteiger partial charge on any atom is -0.445 e. The maximum absolute atomic E-state index is 12.4. The molecule has 1 aromatic rings. The SMILES string of the molecule is CCCCCC(O)c1ccc([B-](F)(F)F)cc1. The van der Waals surface area contributed by atoms with Gasteiger partial charge in [0, 0.05) is 0 Å². The van der Waals surface area contributed by atoms with E-state index in [1.54, 1.807) is 0 Å². The van der Waals surface area contributed by atoms with Crippen molar-refractivity contribution in [1.29, 1.82) is 0 Å². The Balaban J connectivity index is 2.61. The number of benzene rings is 1. The summed E-state index contributed by atoms with van der Waals surface area (Å²) in [7, 11) is 0. The molecule has 1 atom stereocenters. The topological polar surface area (TPSA) is 20.2 Å². The van der Waals surface area contributed by atoms with Crippen LogP contribution in [-0.4, -0.2) is 12.1 Å². The normalized spacial score (nSPS) is 13.7. The zero-order valence-electron chi connectivity index (χ0n) is 9.87. The van der Waals surface area contributed by atoms with E-state index in [-0.39, 0.29) is 0 Å². The number of rotatable bonds is 6. The van der Waals surface area contributed by atoms with Crippen LogP contribution in [0.15, 0.2) is 24.3 Å². The third-order valence-electron chi connectivity index (χ3n) is 2.78. The second kappa shape index (κ2) is 6.10. The van der Waals surface area contributed by atoms with E-state index in [4.69, 9.17) is 0 Å². The third-order valence-corrected chi connectivity index (χ3v) is 2.78. The quantitative estimate of drug-likeness (QED) is 0.601. The predicted octanol–water partition coefficient (Wildman–Crippen LogP) is 3.35. The summed E-state index contributed by atoms with van der Waals surface area (Å²) in [5.41, 5.74) is -0.0561. The van der Waals surface area contributed by atoms with Gasteiger partial charge < -0.3 is 18.1 Å². The molecule has 0 fully saturated rings. The number of halogens is 3. The summed E-state index contributed by atoms with van der Waals surface area (Å²) < 4.78 is 37.1. The van der Waals surface area contributed by atoms with Crippen LogP contribution in [0.4, 0.5) is 12.9 Å². The fourth-order valence-corrected chi connectivity index (χ4v) is 1.69. The van der Waals surface area contributed by atoms with Crippen molar-refractivity contribution in [2.24, 2.45) is 0 Å². The molecule has 5 heteroatoms. The summed E-state index contributed by atoms with van der Waals surface area (Å²) in [5.74, 6) is 0. The molecule has 0 saturated carbocycles. The van der Waals surface area contributed by atoms with Crippen LogP contribution in [0.2, 0.25) is 0 Å². The number of aliphatic hydroxyl groups excluding tert-OH is 1. The first-order chi connectivity index (χ1) is 7.95. The van der Waals surface area contributed by atoms with Gasteiger partial charge in [0.2, 0.25) is 0 Å². The molecule has 17 heavy (non-hydrogen) atoms. The molecule has 0 aliphatic rings. The molecule has 1 N–H and O–H groups in total. The van der Waals surface area contributed by atoms with Crippen LogP contribution in [0.3, 0.4) is 0 Å². The van der Waals surface area contributed by atoms with Crippen LogP contribution >= 0.6 is 0 Å². The van der Waals surface area contributed by atoms with Crippen molar-refractivity contribution in [3.8, 4) is 0 Å². The first kappa shape index (κ1) is 14.1. The first-order valence-electron chi connectivity index (χ1n) is 5.93. The van der Waals surface area contributed by atoms with E-state index in [1.807, 2.05) is 0 Å². The fraction of sp³-hybridized carbons (Fsp3) is 0.500. The molecule has 1 aromatic carbocycles. The minimum atomic E-state index is -4.94.